The van der Waals surface area contributed by atoms with Crippen molar-refractivity contribution in [1.82, 2.24) is 0 Å². The molecule has 2 nitrogen and oxygen atoms in total. The first kappa shape index (κ1) is 14.9. The van der Waals surface area contributed by atoms with E-state index in [-0.39, 0.29) is 11.2 Å². The maximum absolute atomic E-state index is 12.1. The molecule has 2 rings (SSSR count). The second kappa shape index (κ2) is 6.82. The number of nitrogens with one attached hydrogen (secondary N) is 1. The van der Waals surface area contributed by atoms with Gasteiger partial charge >= 0.3 is 0 Å². The van der Waals surface area contributed by atoms with Crippen molar-refractivity contribution in [1.29, 1.82) is 0 Å². The minimum absolute atomic E-state index is 0.00574. The van der Waals surface area contributed by atoms with E-state index in [2.05, 4.69) is 5.32 Å². The minimum Gasteiger partial charge on any atom is -0.325 e. The lowest BCUT2D eigenvalue weighted by atomic mass is 10.2. The summed E-state index contributed by atoms with van der Waals surface area (Å²) in [5, 5.41) is 3.45. The Morgan fingerprint density at radius 1 is 1.10 bits per heavy atom. The summed E-state index contributed by atoms with van der Waals surface area (Å²) in [6, 6.07) is 15.3. The molecule has 2 aromatic carbocycles. The van der Waals surface area contributed by atoms with E-state index in [1.54, 1.807) is 0 Å². The van der Waals surface area contributed by atoms with Gasteiger partial charge in [-0.3, -0.25) is 4.79 Å². The summed E-state index contributed by atoms with van der Waals surface area (Å²) in [7, 11) is 0. The van der Waals surface area contributed by atoms with Crippen LogP contribution >= 0.6 is 23.4 Å². The first-order valence-electron chi connectivity index (χ1n) is 6.34. The Labute approximate surface area is 128 Å². The quantitative estimate of drug-likeness (QED) is 0.825. The van der Waals surface area contributed by atoms with Gasteiger partial charge in [0.25, 0.3) is 0 Å². The van der Waals surface area contributed by atoms with Crippen molar-refractivity contribution in [2.45, 2.75) is 24.0 Å². The van der Waals surface area contributed by atoms with Gasteiger partial charge in [0.15, 0.2) is 0 Å². The van der Waals surface area contributed by atoms with Crippen LogP contribution in [0.3, 0.4) is 0 Å². The molecule has 2 aromatic rings. The Balaban J connectivity index is 1.94. The summed E-state index contributed by atoms with van der Waals surface area (Å²) in [5.74, 6) is -0.00574. The molecule has 0 unspecified atom stereocenters. The second-order valence-electron chi connectivity index (χ2n) is 4.57. The average molecular weight is 306 g/mol. The van der Waals surface area contributed by atoms with E-state index in [4.69, 9.17) is 11.6 Å². The normalized spacial score (nSPS) is 11.9. The average Bonchev–Trinajstić information content (AvgIpc) is 2.44. The number of hydrogen-bond donors (Lipinski definition) is 1. The summed E-state index contributed by atoms with van der Waals surface area (Å²) in [5.41, 5.74) is 2.00. The van der Waals surface area contributed by atoms with Crippen molar-refractivity contribution in [3.8, 4) is 0 Å². The van der Waals surface area contributed by atoms with Crippen LogP contribution in [0.4, 0.5) is 5.69 Å². The zero-order chi connectivity index (χ0) is 14.5. The van der Waals surface area contributed by atoms with Crippen molar-refractivity contribution >= 4 is 35.0 Å². The van der Waals surface area contributed by atoms with Gasteiger partial charge in [0.2, 0.25) is 5.91 Å². The fraction of sp³-hybridized carbons (Fsp3) is 0.188. The van der Waals surface area contributed by atoms with Crippen LogP contribution in [0.5, 0.6) is 0 Å². The molecular formula is C16H16ClNOS. The van der Waals surface area contributed by atoms with Crippen LogP contribution in [0.1, 0.15) is 12.5 Å². The number of thioether (sulfide) groups is 1. The number of hydrogen-bond acceptors (Lipinski definition) is 2. The molecule has 4 heteroatoms. The molecule has 0 heterocycles. The maximum Gasteiger partial charge on any atom is 0.237 e. The third-order valence-electron chi connectivity index (χ3n) is 2.81. The largest absolute Gasteiger partial charge is 0.325 e. The Morgan fingerprint density at radius 2 is 1.70 bits per heavy atom. The molecule has 0 bridgehead atoms. The van der Waals surface area contributed by atoms with Crippen molar-refractivity contribution < 1.29 is 4.79 Å². The molecule has 1 amide bonds. The van der Waals surface area contributed by atoms with Gasteiger partial charge in [-0.15, -0.1) is 11.8 Å². The van der Waals surface area contributed by atoms with E-state index in [0.29, 0.717) is 5.02 Å². The van der Waals surface area contributed by atoms with Crippen LogP contribution in [0, 0.1) is 6.92 Å². The molecule has 0 fully saturated rings. The van der Waals surface area contributed by atoms with E-state index in [1.807, 2.05) is 62.4 Å². The Morgan fingerprint density at radius 3 is 2.30 bits per heavy atom. The SMILES string of the molecule is Cc1ccc(NC(=O)[C@@H](C)Sc2ccc(Cl)cc2)cc1. The molecule has 0 spiro atoms. The molecule has 20 heavy (non-hydrogen) atoms. The molecular weight excluding hydrogens is 290 g/mol. The van der Waals surface area contributed by atoms with Gasteiger partial charge in [0.05, 0.1) is 5.25 Å². The first-order valence-corrected chi connectivity index (χ1v) is 7.60. The van der Waals surface area contributed by atoms with Crippen molar-refractivity contribution in [3.05, 3.63) is 59.1 Å². The monoisotopic (exact) mass is 305 g/mol. The fourth-order valence-corrected chi connectivity index (χ4v) is 2.65. The highest BCUT2D eigenvalue weighted by Gasteiger charge is 2.14. The number of rotatable bonds is 4. The van der Waals surface area contributed by atoms with Gasteiger partial charge in [0, 0.05) is 15.6 Å². The van der Waals surface area contributed by atoms with Gasteiger partial charge in [-0.2, -0.15) is 0 Å². The van der Waals surface area contributed by atoms with Crippen LogP contribution < -0.4 is 5.32 Å². The van der Waals surface area contributed by atoms with E-state index < -0.39 is 0 Å². The molecule has 0 aliphatic heterocycles. The molecule has 0 saturated carbocycles. The predicted octanol–water partition coefficient (Wildman–Crippen LogP) is 4.77. The number of halogens is 1. The zero-order valence-corrected chi connectivity index (χ0v) is 13.0. The predicted molar refractivity (Wildman–Crippen MR) is 86.6 cm³/mol. The second-order valence-corrected chi connectivity index (χ2v) is 6.42. The van der Waals surface area contributed by atoms with Gasteiger partial charge in [-0.25, -0.2) is 0 Å². The number of aryl methyl sites for hydroxylation is 1. The van der Waals surface area contributed by atoms with Gasteiger partial charge in [0.1, 0.15) is 0 Å². The Bertz CT molecular complexity index is 580. The molecule has 1 N–H and O–H groups in total. The van der Waals surface area contributed by atoms with E-state index in [0.717, 1.165) is 10.6 Å². The first-order chi connectivity index (χ1) is 9.54. The van der Waals surface area contributed by atoms with Crippen molar-refractivity contribution in [3.63, 3.8) is 0 Å². The molecule has 0 radical (unpaired) electrons. The Kier molecular flexibility index (Phi) is 5.10. The van der Waals surface area contributed by atoms with Gasteiger partial charge in [-0.05, 0) is 50.2 Å². The highest BCUT2D eigenvalue weighted by atomic mass is 35.5. The summed E-state index contributed by atoms with van der Waals surface area (Å²) < 4.78 is 0. The van der Waals surface area contributed by atoms with Crippen LogP contribution in [-0.4, -0.2) is 11.2 Å². The summed E-state index contributed by atoms with van der Waals surface area (Å²) in [4.78, 5) is 13.1. The van der Waals surface area contributed by atoms with Crippen LogP contribution in [-0.2, 0) is 4.79 Å². The van der Waals surface area contributed by atoms with Crippen LogP contribution in [0.2, 0.25) is 5.02 Å². The molecule has 0 aliphatic carbocycles. The standard InChI is InChI=1S/C16H16ClNOS/c1-11-3-7-14(8-4-11)18-16(19)12(2)20-15-9-5-13(17)6-10-15/h3-10,12H,1-2H3,(H,18,19)/t12-/m1/s1. The lowest BCUT2D eigenvalue weighted by Gasteiger charge is -2.12. The Hall–Kier alpha value is -1.45. The molecule has 1 atom stereocenters. The molecule has 0 saturated heterocycles. The van der Waals surface area contributed by atoms with Crippen LogP contribution in [0.25, 0.3) is 0 Å². The van der Waals surface area contributed by atoms with Gasteiger partial charge in [-0.1, -0.05) is 29.3 Å². The van der Waals surface area contributed by atoms with Crippen molar-refractivity contribution in [2.24, 2.45) is 0 Å². The number of carbonyl (C=O) groups excluding carboxylic acids is 1. The third kappa shape index (κ3) is 4.29. The molecule has 0 aliphatic rings. The summed E-state index contributed by atoms with van der Waals surface area (Å²) in [6.07, 6.45) is 0. The van der Waals surface area contributed by atoms with E-state index in [1.165, 1.54) is 17.3 Å². The lowest BCUT2D eigenvalue weighted by molar-refractivity contribution is -0.115. The highest BCUT2D eigenvalue weighted by Crippen LogP contribution is 2.25. The fourth-order valence-electron chi connectivity index (χ4n) is 1.65. The van der Waals surface area contributed by atoms with Crippen molar-refractivity contribution in [2.75, 3.05) is 5.32 Å². The summed E-state index contributed by atoms with van der Waals surface area (Å²) in [6.45, 7) is 3.91. The van der Waals surface area contributed by atoms with Crippen LogP contribution in [0.15, 0.2) is 53.4 Å². The highest BCUT2D eigenvalue weighted by molar-refractivity contribution is 8.00. The maximum atomic E-state index is 12.1. The number of carbonyl (C=O) groups is 1. The van der Waals surface area contributed by atoms with Gasteiger partial charge < -0.3 is 5.32 Å². The van der Waals surface area contributed by atoms with E-state index in [9.17, 15) is 4.79 Å². The lowest BCUT2D eigenvalue weighted by Crippen LogP contribution is -2.22. The zero-order valence-electron chi connectivity index (χ0n) is 11.4. The molecule has 0 aromatic heterocycles. The third-order valence-corrected chi connectivity index (χ3v) is 4.18. The number of benzene rings is 2. The topological polar surface area (TPSA) is 29.1 Å². The van der Waals surface area contributed by atoms with E-state index >= 15 is 0 Å². The summed E-state index contributed by atoms with van der Waals surface area (Å²) >= 11 is 7.35. The smallest absolute Gasteiger partial charge is 0.237 e. The minimum atomic E-state index is -0.169. The molecule has 104 valence electrons. The number of anilines is 1. The number of amides is 1.